The Hall–Kier alpha value is -0.0400. The Bertz CT molecular complexity index is 201. The molecule has 0 saturated carbocycles. The van der Waals surface area contributed by atoms with E-state index in [0.717, 1.165) is 13.1 Å². The molecule has 0 aromatic heterocycles. The van der Waals surface area contributed by atoms with E-state index in [1.54, 1.807) is 7.11 Å². The number of guanidine groups is 1. The molecular weight excluding hydrogens is 341 g/mol. The minimum Gasteiger partial charge on any atom is -0.383 e. The molecule has 0 saturated heterocycles. The van der Waals surface area contributed by atoms with Gasteiger partial charge in [0.1, 0.15) is 0 Å². The fourth-order valence-corrected chi connectivity index (χ4v) is 1.79. The minimum absolute atomic E-state index is 0. The molecule has 18 heavy (non-hydrogen) atoms. The summed E-state index contributed by atoms with van der Waals surface area (Å²) < 4.78 is 4.94. The van der Waals surface area contributed by atoms with Crippen LogP contribution in [0.3, 0.4) is 0 Å². The van der Waals surface area contributed by atoms with Gasteiger partial charge in [0.15, 0.2) is 5.96 Å². The van der Waals surface area contributed by atoms with Crippen molar-refractivity contribution in [2.45, 2.75) is 46.0 Å². The van der Waals surface area contributed by atoms with Crippen molar-refractivity contribution >= 4 is 29.9 Å². The van der Waals surface area contributed by atoms with Crippen molar-refractivity contribution in [2.75, 3.05) is 26.8 Å². The predicted molar refractivity (Wildman–Crippen MR) is 89.7 cm³/mol. The van der Waals surface area contributed by atoms with E-state index >= 15 is 0 Å². The molecule has 0 spiro atoms. The lowest BCUT2D eigenvalue weighted by Gasteiger charge is -2.13. The van der Waals surface area contributed by atoms with E-state index in [-0.39, 0.29) is 24.0 Å². The number of nitrogens with one attached hydrogen (secondary N) is 1. The number of hydrogen-bond acceptors (Lipinski definition) is 2. The van der Waals surface area contributed by atoms with E-state index < -0.39 is 0 Å². The Morgan fingerprint density at radius 2 is 2.00 bits per heavy atom. The van der Waals surface area contributed by atoms with Gasteiger partial charge in [0.25, 0.3) is 0 Å². The first kappa shape index (κ1) is 20.3. The van der Waals surface area contributed by atoms with E-state index in [2.05, 4.69) is 24.2 Å². The van der Waals surface area contributed by atoms with Crippen LogP contribution >= 0.6 is 24.0 Å². The lowest BCUT2D eigenvalue weighted by atomic mass is 9.97. The summed E-state index contributed by atoms with van der Waals surface area (Å²) in [5, 5.41) is 3.04. The average molecular weight is 371 g/mol. The molecule has 0 amide bonds. The highest BCUT2D eigenvalue weighted by Gasteiger charge is 2.06. The van der Waals surface area contributed by atoms with Gasteiger partial charge in [-0.05, 0) is 18.8 Å². The topological polar surface area (TPSA) is 59.6 Å². The number of hydrogen-bond donors (Lipinski definition) is 2. The van der Waals surface area contributed by atoms with Crippen LogP contribution in [0, 0.1) is 5.92 Å². The van der Waals surface area contributed by atoms with Crippen LogP contribution in [0.25, 0.3) is 0 Å². The highest BCUT2D eigenvalue weighted by molar-refractivity contribution is 14.0. The Morgan fingerprint density at radius 3 is 2.56 bits per heavy atom. The number of halogens is 1. The Balaban J connectivity index is 0. The van der Waals surface area contributed by atoms with Gasteiger partial charge in [-0.2, -0.15) is 0 Å². The Kier molecular flexibility index (Phi) is 16.9. The van der Waals surface area contributed by atoms with Crippen molar-refractivity contribution in [3.05, 3.63) is 0 Å². The standard InChI is InChI=1S/C13H29N3O.HI/c1-4-6-8-12(7-5-2)11-16-13(14)15-9-10-17-3;/h12H,4-11H2,1-3H3,(H3,14,15,16);1H. The van der Waals surface area contributed by atoms with Crippen LogP contribution in [0.4, 0.5) is 0 Å². The third-order valence-electron chi connectivity index (χ3n) is 2.79. The molecule has 3 N–H and O–H groups in total. The number of nitrogens with zero attached hydrogens (tertiary/aromatic N) is 1. The van der Waals surface area contributed by atoms with E-state index in [1.807, 2.05) is 0 Å². The molecule has 1 atom stereocenters. The monoisotopic (exact) mass is 371 g/mol. The molecule has 0 fully saturated rings. The number of unbranched alkanes of at least 4 members (excludes halogenated alkanes) is 1. The summed E-state index contributed by atoms with van der Waals surface area (Å²) in [5.74, 6) is 1.22. The summed E-state index contributed by atoms with van der Waals surface area (Å²) >= 11 is 0. The van der Waals surface area contributed by atoms with E-state index in [0.29, 0.717) is 18.5 Å². The summed E-state index contributed by atoms with van der Waals surface area (Å²) in [6.07, 6.45) is 6.28. The van der Waals surface area contributed by atoms with Gasteiger partial charge in [0, 0.05) is 20.2 Å². The van der Waals surface area contributed by atoms with E-state index in [1.165, 1.54) is 32.1 Å². The Morgan fingerprint density at radius 1 is 1.28 bits per heavy atom. The zero-order valence-electron chi connectivity index (χ0n) is 12.1. The van der Waals surface area contributed by atoms with Crippen LogP contribution in [0.15, 0.2) is 4.99 Å². The van der Waals surface area contributed by atoms with E-state index in [9.17, 15) is 0 Å². The Labute approximate surface area is 129 Å². The predicted octanol–water partition coefficient (Wildman–Crippen LogP) is 2.76. The lowest BCUT2D eigenvalue weighted by molar-refractivity contribution is 0.204. The first-order chi connectivity index (χ1) is 8.24. The maximum atomic E-state index is 5.77. The molecule has 110 valence electrons. The molecule has 0 heterocycles. The van der Waals surface area contributed by atoms with Crippen LogP contribution in [-0.4, -0.2) is 32.8 Å². The third-order valence-corrected chi connectivity index (χ3v) is 2.79. The van der Waals surface area contributed by atoms with Gasteiger partial charge in [-0.25, -0.2) is 0 Å². The fraction of sp³-hybridized carbons (Fsp3) is 0.923. The summed E-state index contributed by atoms with van der Waals surface area (Å²) in [7, 11) is 1.68. The van der Waals surface area contributed by atoms with Gasteiger partial charge >= 0.3 is 0 Å². The second-order valence-corrected chi connectivity index (χ2v) is 4.44. The number of methoxy groups -OCH3 is 1. The maximum Gasteiger partial charge on any atom is 0.188 e. The second-order valence-electron chi connectivity index (χ2n) is 4.44. The normalized spacial score (nSPS) is 12.9. The number of nitrogens with two attached hydrogens (primary N) is 1. The zero-order valence-corrected chi connectivity index (χ0v) is 14.4. The van der Waals surface area contributed by atoms with Crippen LogP contribution in [-0.2, 0) is 4.74 Å². The quantitative estimate of drug-likeness (QED) is 0.269. The maximum absolute atomic E-state index is 5.77. The van der Waals surface area contributed by atoms with Crippen molar-refractivity contribution in [1.29, 1.82) is 0 Å². The molecule has 4 nitrogen and oxygen atoms in total. The summed E-state index contributed by atoms with van der Waals surface area (Å²) in [6.45, 7) is 6.68. The van der Waals surface area contributed by atoms with Crippen LogP contribution in [0.5, 0.6) is 0 Å². The molecule has 5 heteroatoms. The van der Waals surface area contributed by atoms with Crippen LogP contribution in [0.2, 0.25) is 0 Å². The first-order valence-electron chi connectivity index (χ1n) is 6.77. The van der Waals surface area contributed by atoms with E-state index in [4.69, 9.17) is 10.5 Å². The summed E-state index contributed by atoms with van der Waals surface area (Å²) in [6, 6.07) is 0. The minimum atomic E-state index is 0. The molecule has 0 aromatic carbocycles. The second kappa shape index (κ2) is 15.0. The molecular formula is C13H30IN3O. The number of ether oxygens (including phenoxy) is 1. The third kappa shape index (κ3) is 12.4. The first-order valence-corrected chi connectivity index (χ1v) is 6.77. The molecule has 0 aromatic rings. The number of rotatable bonds is 10. The molecule has 0 aliphatic carbocycles. The fourth-order valence-electron chi connectivity index (χ4n) is 1.79. The van der Waals surface area contributed by atoms with Gasteiger partial charge in [0.05, 0.1) is 6.61 Å². The highest BCUT2D eigenvalue weighted by Crippen LogP contribution is 2.14. The zero-order chi connectivity index (χ0) is 12.9. The molecule has 0 bridgehead atoms. The molecule has 0 rings (SSSR count). The van der Waals surface area contributed by atoms with Crippen molar-refractivity contribution in [3.8, 4) is 0 Å². The molecule has 0 radical (unpaired) electrons. The summed E-state index contributed by atoms with van der Waals surface area (Å²) in [5.41, 5.74) is 5.77. The van der Waals surface area contributed by atoms with Crippen LogP contribution < -0.4 is 11.1 Å². The SMILES string of the molecule is CCCCC(CCC)CN=C(N)NCCOC.I. The largest absolute Gasteiger partial charge is 0.383 e. The molecule has 1 unspecified atom stereocenters. The molecule has 0 aliphatic rings. The summed E-state index contributed by atoms with van der Waals surface area (Å²) in [4.78, 5) is 4.40. The smallest absolute Gasteiger partial charge is 0.188 e. The van der Waals surface area contributed by atoms with Gasteiger partial charge in [-0.1, -0.05) is 33.1 Å². The van der Waals surface area contributed by atoms with Crippen molar-refractivity contribution < 1.29 is 4.74 Å². The van der Waals surface area contributed by atoms with Gasteiger partial charge in [0.2, 0.25) is 0 Å². The van der Waals surface area contributed by atoms with Crippen molar-refractivity contribution in [3.63, 3.8) is 0 Å². The average Bonchev–Trinajstić information content (AvgIpc) is 2.33. The van der Waals surface area contributed by atoms with Gasteiger partial charge in [-0.15, -0.1) is 24.0 Å². The van der Waals surface area contributed by atoms with Gasteiger partial charge in [-0.3, -0.25) is 4.99 Å². The molecule has 0 aliphatic heterocycles. The van der Waals surface area contributed by atoms with Crippen molar-refractivity contribution in [1.82, 2.24) is 5.32 Å². The lowest BCUT2D eigenvalue weighted by Crippen LogP contribution is -2.34. The van der Waals surface area contributed by atoms with Crippen molar-refractivity contribution in [2.24, 2.45) is 16.6 Å². The highest BCUT2D eigenvalue weighted by atomic mass is 127. The van der Waals surface area contributed by atoms with Gasteiger partial charge < -0.3 is 15.8 Å². The number of aliphatic imine (C=N–C) groups is 1. The van der Waals surface area contributed by atoms with Crippen LogP contribution in [0.1, 0.15) is 46.0 Å².